The molecule has 2 fully saturated rings. The molecule has 6 rings (SSSR count). The summed E-state index contributed by atoms with van der Waals surface area (Å²) in [5.41, 5.74) is 8.83. The number of rotatable bonds is 7. The lowest BCUT2D eigenvalue weighted by Gasteiger charge is -2.19. The maximum atomic E-state index is 10.8. The van der Waals surface area contributed by atoms with Gasteiger partial charge in [0.2, 0.25) is 0 Å². The van der Waals surface area contributed by atoms with Gasteiger partial charge < -0.3 is 25.8 Å². The first kappa shape index (κ1) is 21.3. The van der Waals surface area contributed by atoms with Gasteiger partial charge in [-0.15, -0.1) is 0 Å². The van der Waals surface area contributed by atoms with Crippen LogP contribution >= 0.6 is 0 Å². The molecule has 8 nitrogen and oxygen atoms in total. The highest BCUT2D eigenvalue weighted by Crippen LogP contribution is 2.39. The Balaban J connectivity index is 1.15. The lowest BCUT2D eigenvalue weighted by molar-refractivity contribution is 0.00545. The molecular weight excluding hydrogens is 428 g/mol. The van der Waals surface area contributed by atoms with Gasteiger partial charge in [0.15, 0.2) is 0 Å². The molecule has 3 aromatic heterocycles. The van der Waals surface area contributed by atoms with Crippen molar-refractivity contribution in [2.75, 3.05) is 17.6 Å². The number of nitrogens with two attached hydrogens (primary N) is 1. The highest BCUT2D eigenvalue weighted by atomic mass is 16.3. The molecule has 0 spiro atoms. The highest BCUT2D eigenvalue weighted by molar-refractivity contribution is 5.86. The Kier molecular flexibility index (Phi) is 5.34. The van der Waals surface area contributed by atoms with Crippen LogP contribution in [0, 0.1) is 11.8 Å². The van der Waals surface area contributed by atoms with Crippen molar-refractivity contribution >= 4 is 33.6 Å². The van der Waals surface area contributed by atoms with Crippen LogP contribution < -0.4 is 11.1 Å². The average molecular weight is 459 g/mol. The third kappa shape index (κ3) is 3.97. The van der Waals surface area contributed by atoms with Crippen LogP contribution in [-0.4, -0.2) is 48.5 Å². The standard InChI is InChI=1S/C26H30N6O2/c27-25-19-9-10-32(26(19)30-14-29-25)21-12-18(23(33)24(21)34)6-4-15-3-5-17-7-8-22(31-20(17)11-15)28-13-16-1-2-16/h3,5,7-11,14,16,18,21,23-24,33-34H,1-2,4,6,12-13H2,(H,28,31)(H2,27,29,30)/t18-,21+,23?,24-/m0/s1. The topological polar surface area (TPSA) is 122 Å². The number of aliphatic hydroxyl groups is 2. The molecule has 0 radical (unpaired) electrons. The second kappa shape index (κ2) is 8.52. The Bertz CT molecular complexity index is 1330. The number of aliphatic hydroxyl groups excluding tert-OH is 2. The monoisotopic (exact) mass is 458 g/mol. The van der Waals surface area contributed by atoms with Crippen molar-refractivity contribution in [1.29, 1.82) is 0 Å². The van der Waals surface area contributed by atoms with Crippen LogP contribution in [0.2, 0.25) is 0 Å². The van der Waals surface area contributed by atoms with E-state index in [2.05, 4.69) is 39.6 Å². The molecule has 2 aliphatic rings. The molecule has 3 heterocycles. The summed E-state index contributed by atoms with van der Waals surface area (Å²) >= 11 is 0. The largest absolute Gasteiger partial charge is 0.390 e. The van der Waals surface area contributed by atoms with Crippen molar-refractivity contribution in [3.05, 3.63) is 54.5 Å². The minimum Gasteiger partial charge on any atom is -0.390 e. The van der Waals surface area contributed by atoms with Gasteiger partial charge in [-0.05, 0) is 73.8 Å². The molecule has 2 saturated carbocycles. The molecule has 4 atom stereocenters. The molecule has 8 heteroatoms. The van der Waals surface area contributed by atoms with Crippen LogP contribution in [-0.2, 0) is 6.42 Å². The van der Waals surface area contributed by atoms with Crippen LogP contribution in [0.3, 0.4) is 0 Å². The second-order valence-electron chi connectivity index (χ2n) is 9.85. The molecule has 2 aliphatic carbocycles. The number of aryl methyl sites for hydroxylation is 1. The van der Waals surface area contributed by atoms with E-state index >= 15 is 0 Å². The fraction of sp³-hybridized carbons (Fsp3) is 0.423. The van der Waals surface area contributed by atoms with Crippen molar-refractivity contribution in [3.63, 3.8) is 0 Å². The Hall–Kier alpha value is -3.23. The molecule has 176 valence electrons. The molecule has 0 amide bonds. The number of nitrogen functional groups attached to an aromatic ring is 1. The molecule has 0 aliphatic heterocycles. The summed E-state index contributed by atoms with van der Waals surface area (Å²) < 4.78 is 1.93. The lowest BCUT2D eigenvalue weighted by atomic mass is 9.95. The van der Waals surface area contributed by atoms with Crippen LogP contribution in [0.5, 0.6) is 0 Å². The molecule has 0 bridgehead atoms. The van der Waals surface area contributed by atoms with Gasteiger partial charge in [-0.1, -0.05) is 12.1 Å². The van der Waals surface area contributed by atoms with Crippen molar-refractivity contribution in [2.24, 2.45) is 11.8 Å². The number of nitrogens with one attached hydrogen (secondary N) is 1. The zero-order chi connectivity index (χ0) is 23.2. The van der Waals surface area contributed by atoms with Crippen molar-refractivity contribution in [2.45, 2.75) is 50.4 Å². The zero-order valence-corrected chi connectivity index (χ0v) is 19.0. The average Bonchev–Trinajstić information content (AvgIpc) is 3.52. The molecule has 1 unspecified atom stereocenters. The smallest absolute Gasteiger partial charge is 0.145 e. The molecule has 1 aromatic carbocycles. The van der Waals surface area contributed by atoms with Gasteiger partial charge >= 0.3 is 0 Å². The lowest BCUT2D eigenvalue weighted by Crippen LogP contribution is -2.29. The van der Waals surface area contributed by atoms with Crippen molar-refractivity contribution in [1.82, 2.24) is 19.5 Å². The Labute approximate surface area is 197 Å². The maximum absolute atomic E-state index is 10.8. The maximum Gasteiger partial charge on any atom is 0.145 e. The number of aromatic nitrogens is 4. The molecule has 5 N–H and O–H groups in total. The quantitative estimate of drug-likeness (QED) is 0.335. The van der Waals surface area contributed by atoms with Gasteiger partial charge in [0.1, 0.15) is 29.7 Å². The Morgan fingerprint density at radius 3 is 2.76 bits per heavy atom. The van der Waals surface area contributed by atoms with E-state index in [-0.39, 0.29) is 12.0 Å². The predicted molar refractivity (Wildman–Crippen MR) is 132 cm³/mol. The summed E-state index contributed by atoms with van der Waals surface area (Å²) in [4.78, 5) is 13.2. The van der Waals surface area contributed by atoms with E-state index < -0.39 is 12.2 Å². The Morgan fingerprint density at radius 1 is 1.06 bits per heavy atom. The van der Waals surface area contributed by atoms with Gasteiger partial charge in [0, 0.05) is 18.1 Å². The van der Waals surface area contributed by atoms with Gasteiger partial charge in [-0.3, -0.25) is 0 Å². The number of pyridine rings is 1. The van der Waals surface area contributed by atoms with Gasteiger partial charge in [0.05, 0.1) is 23.0 Å². The van der Waals surface area contributed by atoms with E-state index in [0.717, 1.165) is 47.4 Å². The molecular formula is C26H30N6O2. The third-order valence-electron chi connectivity index (χ3n) is 7.50. The van der Waals surface area contributed by atoms with Gasteiger partial charge in [-0.25, -0.2) is 15.0 Å². The van der Waals surface area contributed by atoms with Crippen LogP contribution in [0.15, 0.2) is 48.9 Å². The highest BCUT2D eigenvalue weighted by Gasteiger charge is 2.42. The van der Waals surface area contributed by atoms with Gasteiger partial charge in [0.25, 0.3) is 0 Å². The van der Waals surface area contributed by atoms with Crippen LogP contribution in [0.1, 0.15) is 37.3 Å². The number of nitrogens with zero attached hydrogens (tertiary/aromatic N) is 4. The number of hydrogen-bond donors (Lipinski definition) is 4. The summed E-state index contributed by atoms with van der Waals surface area (Å²) in [6, 6.07) is 12.2. The summed E-state index contributed by atoms with van der Waals surface area (Å²) in [6.45, 7) is 0.997. The SMILES string of the molecule is Nc1ncnc2c1ccn2[C@@H]1C[C@H](CCc2ccc3ccc(NCC4CC4)nc3c2)C(O)[C@H]1O. The predicted octanol–water partition coefficient (Wildman–Crippen LogP) is 3.30. The van der Waals surface area contributed by atoms with E-state index in [9.17, 15) is 10.2 Å². The third-order valence-corrected chi connectivity index (χ3v) is 7.50. The van der Waals surface area contributed by atoms with Gasteiger partial charge in [-0.2, -0.15) is 0 Å². The first-order chi connectivity index (χ1) is 16.6. The summed E-state index contributed by atoms with van der Waals surface area (Å²) in [5.74, 6) is 2.14. The summed E-state index contributed by atoms with van der Waals surface area (Å²) in [5, 5.41) is 27.0. The number of fused-ring (bicyclic) bond motifs is 2. The second-order valence-corrected chi connectivity index (χ2v) is 9.85. The van der Waals surface area contributed by atoms with E-state index in [1.165, 1.54) is 24.7 Å². The summed E-state index contributed by atoms with van der Waals surface area (Å²) in [7, 11) is 0. The first-order valence-corrected chi connectivity index (χ1v) is 12.1. The number of anilines is 2. The van der Waals surface area contributed by atoms with E-state index in [4.69, 9.17) is 10.7 Å². The molecule has 0 saturated heterocycles. The normalized spacial score (nSPS) is 24.8. The summed E-state index contributed by atoms with van der Waals surface area (Å²) in [6.07, 6.45) is 6.60. The van der Waals surface area contributed by atoms with E-state index in [0.29, 0.717) is 17.9 Å². The minimum atomic E-state index is -0.852. The number of benzene rings is 1. The Morgan fingerprint density at radius 2 is 1.91 bits per heavy atom. The fourth-order valence-corrected chi connectivity index (χ4v) is 5.26. The molecule has 34 heavy (non-hydrogen) atoms. The first-order valence-electron chi connectivity index (χ1n) is 12.1. The zero-order valence-electron chi connectivity index (χ0n) is 19.0. The molecule has 4 aromatic rings. The number of hydrogen-bond acceptors (Lipinski definition) is 7. The van der Waals surface area contributed by atoms with Crippen molar-refractivity contribution < 1.29 is 10.2 Å². The van der Waals surface area contributed by atoms with Crippen LogP contribution in [0.4, 0.5) is 11.6 Å². The fourth-order valence-electron chi connectivity index (χ4n) is 5.26. The van der Waals surface area contributed by atoms with Crippen molar-refractivity contribution in [3.8, 4) is 0 Å². The van der Waals surface area contributed by atoms with Crippen LogP contribution in [0.25, 0.3) is 21.9 Å². The van der Waals surface area contributed by atoms with E-state index in [1.54, 1.807) is 0 Å². The minimum absolute atomic E-state index is 0.00756. The van der Waals surface area contributed by atoms with E-state index in [1.807, 2.05) is 22.9 Å².